The van der Waals surface area contributed by atoms with Crippen molar-refractivity contribution in [3.05, 3.63) is 59.7 Å². The van der Waals surface area contributed by atoms with Gasteiger partial charge in [0, 0.05) is 6.54 Å². The number of carbonyl (C=O) groups is 2. The Balaban J connectivity index is 1.95. The highest BCUT2D eigenvalue weighted by atomic mass is 16.5. The lowest BCUT2D eigenvalue weighted by Crippen LogP contribution is -2.50. The minimum Gasteiger partial charge on any atom is -0.493 e. The molecule has 0 heterocycles. The van der Waals surface area contributed by atoms with Crippen LogP contribution < -0.4 is 20.1 Å². The molecule has 0 aromatic heterocycles. The summed E-state index contributed by atoms with van der Waals surface area (Å²) in [5.41, 5.74) is 1.74. The van der Waals surface area contributed by atoms with Crippen molar-refractivity contribution in [2.45, 2.75) is 39.5 Å². The van der Waals surface area contributed by atoms with Gasteiger partial charge in [-0.25, -0.2) is 4.79 Å². The molecule has 0 unspecified atom stereocenters. The van der Waals surface area contributed by atoms with Crippen LogP contribution in [0.4, 0.5) is 4.79 Å². The molecule has 2 rings (SSSR count). The van der Waals surface area contributed by atoms with E-state index < -0.39 is 12.1 Å². The Morgan fingerprint density at radius 2 is 1.67 bits per heavy atom. The average molecular weight is 415 g/mol. The van der Waals surface area contributed by atoms with Crippen LogP contribution in [0.5, 0.6) is 11.5 Å². The van der Waals surface area contributed by atoms with Gasteiger partial charge < -0.3 is 24.8 Å². The fourth-order valence-electron chi connectivity index (χ4n) is 2.88. The maximum atomic E-state index is 12.8. The van der Waals surface area contributed by atoms with Crippen LogP contribution in [0, 0.1) is 5.92 Å². The third-order valence-corrected chi connectivity index (χ3v) is 4.90. The number of nitrogens with one attached hydrogen (secondary N) is 2. The molecule has 0 bridgehead atoms. The van der Waals surface area contributed by atoms with Gasteiger partial charge in [-0.15, -0.1) is 0 Å². The van der Waals surface area contributed by atoms with E-state index in [9.17, 15) is 9.59 Å². The highest BCUT2D eigenvalue weighted by molar-refractivity contribution is 5.85. The van der Waals surface area contributed by atoms with Crippen LogP contribution in [-0.2, 0) is 22.7 Å². The van der Waals surface area contributed by atoms with Gasteiger partial charge in [0.05, 0.1) is 14.2 Å². The van der Waals surface area contributed by atoms with E-state index in [-0.39, 0.29) is 18.4 Å². The molecular weight excluding hydrogens is 384 g/mol. The molecule has 7 nitrogen and oxygen atoms in total. The Morgan fingerprint density at radius 3 is 2.30 bits per heavy atom. The van der Waals surface area contributed by atoms with E-state index >= 15 is 0 Å². The van der Waals surface area contributed by atoms with Crippen LogP contribution in [0.2, 0.25) is 0 Å². The van der Waals surface area contributed by atoms with E-state index in [2.05, 4.69) is 10.6 Å². The zero-order valence-electron chi connectivity index (χ0n) is 17.9. The molecule has 2 aromatic carbocycles. The third-order valence-electron chi connectivity index (χ3n) is 4.90. The van der Waals surface area contributed by atoms with E-state index in [1.165, 1.54) is 0 Å². The minimum atomic E-state index is -0.696. The van der Waals surface area contributed by atoms with E-state index in [1.807, 2.05) is 50.2 Å². The van der Waals surface area contributed by atoms with Crippen LogP contribution in [-0.4, -0.2) is 32.3 Å². The second kappa shape index (κ2) is 11.7. The largest absolute Gasteiger partial charge is 0.493 e. The van der Waals surface area contributed by atoms with Crippen LogP contribution in [0.3, 0.4) is 0 Å². The normalized spacial score (nSPS) is 12.4. The van der Waals surface area contributed by atoms with Crippen molar-refractivity contribution in [2.24, 2.45) is 5.92 Å². The molecule has 0 aliphatic rings. The number of carbonyl (C=O) groups excluding carboxylic acids is 2. The predicted octanol–water partition coefficient (Wildman–Crippen LogP) is 3.66. The number of hydrogen-bond acceptors (Lipinski definition) is 5. The van der Waals surface area contributed by atoms with Crippen LogP contribution >= 0.6 is 0 Å². The quantitative estimate of drug-likeness (QED) is 0.620. The Labute approximate surface area is 177 Å². The number of rotatable bonds is 10. The third kappa shape index (κ3) is 6.69. The van der Waals surface area contributed by atoms with Crippen molar-refractivity contribution in [1.29, 1.82) is 0 Å². The fourth-order valence-corrected chi connectivity index (χ4v) is 2.88. The number of ether oxygens (including phenoxy) is 3. The Morgan fingerprint density at radius 1 is 0.967 bits per heavy atom. The fraction of sp³-hybridized carbons (Fsp3) is 0.391. The Hall–Kier alpha value is -3.22. The molecule has 0 aliphatic heterocycles. The monoisotopic (exact) mass is 414 g/mol. The van der Waals surface area contributed by atoms with Gasteiger partial charge >= 0.3 is 6.09 Å². The smallest absolute Gasteiger partial charge is 0.408 e. The van der Waals surface area contributed by atoms with Gasteiger partial charge in [0.1, 0.15) is 12.6 Å². The molecule has 0 aliphatic carbocycles. The standard InChI is InChI=1S/C23H30N2O5/c1-5-16(2)21(25-23(27)30-15-17-9-7-6-8-10-17)22(26)24-14-18-11-12-19(28-3)20(13-18)29-4/h6-13,16,21H,5,14-15H2,1-4H3,(H,24,26)(H,25,27)/t16-,21-/m0/s1. The molecule has 2 amide bonds. The summed E-state index contributed by atoms with van der Waals surface area (Å²) in [6.45, 7) is 4.33. The zero-order chi connectivity index (χ0) is 21.9. The summed E-state index contributed by atoms with van der Waals surface area (Å²) in [6, 6.07) is 14.1. The highest BCUT2D eigenvalue weighted by Crippen LogP contribution is 2.27. The molecule has 0 fully saturated rings. The van der Waals surface area contributed by atoms with Crippen molar-refractivity contribution in [1.82, 2.24) is 10.6 Å². The van der Waals surface area contributed by atoms with Crippen molar-refractivity contribution in [3.63, 3.8) is 0 Å². The summed E-state index contributed by atoms with van der Waals surface area (Å²) in [7, 11) is 3.13. The van der Waals surface area contributed by atoms with Gasteiger partial charge in [0.2, 0.25) is 5.91 Å². The van der Waals surface area contributed by atoms with Crippen LogP contribution in [0.15, 0.2) is 48.5 Å². The first-order chi connectivity index (χ1) is 14.5. The van der Waals surface area contributed by atoms with Crippen molar-refractivity contribution in [2.75, 3.05) is 14.2 Å². The lowest BCUT2D eigenvalue weighted by atomic mass is 9.98. The van der Waals surface area contributed by atoms with Crippen molar-refractivity contribution in [3.8, 4) is 11.5 Å². The summed E-state index contributed by atoms with van der Waals surface area (Å²) in [5.74, 6) is 0.883. The van der Waals surface area contributed by atoms with E-state index in [1.54, 1.807) is 26.4 Å². The molecule has 30 heavy (non-hydrogen) atoms. The average Bonchev–Trinajstić information content (AvgIpc) is 2.79. The van der Waals surface area contributed by atoms with E-state index in [0.717, 1.165) is 17.5 Å². The van der Waals surface area contributed by atoms with Crippen molar-refractivity contribution >= 4 is 12.0 Å². The number of hydrogen-bond donors (Lipinski definition) is 2. The second-order valence-corrected chi connectivity index (χ2v) is 6.98. The van der Waals surface area contributed by atoms with Crippen LogP contribution in [0.25, 0.3) is 0 Å². The van der Waals surface area contributed by atoms with Gasteiger partial charge in [-0.2, -0.15) is 0 Å². The molecular formula is C23H30N2O5. The minimum absolute atomic E-state index is 0.0559. The Bertz CT molecular complexity index is 826. The van der Waals surface area contributed by atoms with Gasteiger partial charge in [-0.05, 0) is 29.2 Å². The summed E-state index contributed by atoms with van der Waals surface area (Å²) < 4.78 is 15.8. The zero-order valence-corrected chi connectivity index (χ0v) is 17.9. The van der Waals surface area contributed by atoms with Gasteiger partial charge in [0.25, 0.3) is 0 Å². The topological polar surface area (TPSA) is 85.9 Å². The molecule has 0 radical (unpaired) electrons. The summed E-state index contributed by atoms with van der Waals surface area (Å²) in [6.07, 6.45) is 0.110. The maximum Gasteiger partial charge on any atom is 0.408 e. The molecule has 0 spiro atoms. The molecule has 162 valence electrons. The van der Waals surface area contributed by atoms with Crippen LogP contribution in [0.1, 0.15) is 31.4 Å². The maximum absolute atomic E-state index is 12.8. The SMILES string of the molecule is CC[C@H](C)[C@H](NC(=O)OCc1ccccc1)C(=O)NCc1ccc(OC)c(OC)c1. The lowest BCUT2D eigenvalue weighted by Gasteiger charge is -2.23. The number of benzene rings is 2. The van der Waals surface area contributed by atoms with Gasteiger partial charge in [-0.1, -0.05) is 56.7 Å². The van der Waals surface area contributed by atoms with Gasteiger partial charge in [-0.3, -0.25) is 4.79 Å². The molecule has 2 aromatic rings. The molecule has 0 saturated heterocycles. The van der Waals surface area contributed by atoms with E-state index in [0.29, 0.717) is 18.0 Å². The molecule has 0 saturated carbocycles. The first-order valence-electron chi connectivity index (χ1n) is 9.94. The summed E-state index contributed by atoms with van der Waals surface area (Å²) in [4.78, 5) is 25.0. The van der Waals surface area contributed by atoms with Gasteiger partial charge in [0.15, 0.2) is 11.5 Å². The first kappa shape index (κ1) is 23.1. The number of methoxy groups -OCH3 is 2. The Kier molecular flexibility index (Phi) is 9.00. The molecule has 2 atom stereocenters. The van der Waals surface area contributed by atoms with Crippen molar-refractivity contribution < 1.29 is 23.8 Å². The lowest BCUT2D eigenvalue weighted by molar-refractivity contribution is -0.124. The molecule has 7 heteroatoms. The highest BCUT2D eigenvalue weighted by Gasteiger charge is 2.26. The predicted molar refractivity (Wildman–Crippen MR) is 114 cm³/mol. The van der Waals surface area contributed by atoms with E-state index in [4.69, 9.17) is 14.2 Å². The second-order valence-electron chi connectivity index (χ2n) is 6.98. The summed E-state index contributed by atoms with van der Waals surface area (Å²) in [5, 5.41) is 5.57. The number of alkyl carbamates (subject to hydrolysis) is 1. The summed E-state index contributed by atoms with van der Waals surface area (Å²) >= 11 is 0. The number of amides is 2. The molecule has 2 N–H and O–H groups in total. The first-order valence-corrected chi connectivity index (χ1v) is 9.94.